The summed E-state index contributed by atoms with van der Waals surface area (Å²) in [6.07, 6.45) is 0. The van der Waals surface area contributed by atoms with Gasteiger partial charge in [0, 0.05) is 16.8 Å². The van der Waals surface area contributed by atoms with E-state index in [1.807, 2.05) is 0 Å². The van der Waals surface area contributed by atoms with Crippen LogP contribution in [0, 0.1) is 11.6 Å². The molecule has 0 fully saturated rings. The van der Waals surface area contributed by atoms with Crippen LogP contribution in [0.25, 0.3) is 0 Å². The van der Waals surface area contributed by atoms with Gasteiger partial charge in [-0.1, -0.05) is 18.2 Å². The molecule has 3 aromatic carbocycles. The zero-order chi connectivity index (χ0) is 18.5. The molecular formula is C20H14F2N2O2. The van der Waals surface area contributed by atoms with Gasteiger partial charge in [0.25, 0.3) is 11.8 Å². The number of halogens is 2. The molecule has 2 N–H and O–H groups in total. The second-order valence-electron chi connectivity index (χ2n) is 5.48. The number of amides is 2. The van der Waals surface area contributed by atoms with Crippen LogP contribution in [0.5, 0.6) is 0 Å². The molecule has 130 valence electrons. The first-order valence-electron chi connectivity index (χ1n) is 7.76. The standard InChI is InChI=1S/C20H14F2N2O2/c21-15-4-3-5-16(12-15)23-19(25)13-8-10-14(11-9-13)20(26)24-18-7-2-1-6-17(18)22/h1-12H,(H,23,25)(H,24,26). The number of hydrogen-bond acceptors (Lipinski definition) is 2. The van der Waals surface area contributed by atoms with E-state index in [9.17, 15) is 18.4 Å². The average molecular weight is 352 g/mol. The Labute approximate surface area is 148 Å². The maximum absolute atomic E-state index is 13.6. The molecule has 0 aliphatic carbocycles. The Morgan fingerprint density at radius 2 is 1.31 bits per heavy atom. The molecule has 6 heteroatoms. The monoisotopic (exact) mass is 352 g/mol. The summed E-state index contributed by atoms with van der Waals surface area (Å²) in [6, 6.07) is 17.2. The third-order valence-electron chi connectivity index (χ3n) is 3.61. The lowest BCUT2D eigenvalue weighted by atomic mass is 10.1. The summed E-state index contributed by atoms with van der Waals surface area (Å²) in [7, 11) is 0. The summed E-state index contributed by atoms with van der Waals surface area (Å²) in [5.74, 6) is -1.92. The van der Waals surface area contributed by atoms with Crippen LogP contribution in [-0.2, 0) is 0 Å². The molecular weight excluding hydrogens is 338 g/mol. The van der Waals surface area contributed by atoms with Crippen molar-refractivity contribution in [3.05, 3.63) is 95.6 Å². The van der Waals surface area contributed by atoms with Crippen LogP contribution in [0.15, 0.2) is 72.8 Å². The van der Waals surface area contributed by atoms with Gasteiger partial charge in [-0.25, -0.2) is 8.78 Å². The molecule has 0 saturated carbocycles. The van der Waals surface area contributed by atoms with E-state index in [1.165, 1.54) is 60.7 Å². The minimum Gasteiger partial charge on any atom is -0.322 e. The van der Waals surface area contributed by atoms with Gasteiger partial charge >= 0.3 is 0 Å². The van der Waals surface area contributed by atoms with Crippen molar-refractivity contribution in [3.8, 4) is 0 Å². The summed E-state index contributed by atoms with van der Waals surface area (Å²) in [6.45, 7) is 0. The second kappa shape index (κ2) is 7.57. The molecule has 0 aliphatic heterocycles. The summed E-state index contributed by atoms with van der Waals surface area (Å²) >= 11 is 0. The van der Waals surface area contributed by atoms with Crippen molar-refractivity contribution in [2.45, 2.75) is 0 Å². The third-order valence-corrected chi connectivity index (χ3v) is 3.61. The van der Waals surface area contributed by atoms with Gasteiger partial charge < -0.3 is 10.6 Å². The highest BCUT2D eigenvalue weighted by atomic mass is 19.1. The molecule has 26 heavy (non-hydrogen) atoms. The fourth-order valence-electron chi connectivity index (χ4n) is 2.30. The number of carbonyl (C=O) groups excluding carboxylic acids is 2. The van der Waals surface area contributed by atoms with E-state index in [1.54, 1.807) is 12.1 Å². The third kappa shape index (κ3) is 4.10. The van der Waals surface area contributed by atoms with Gasteiger partial charge in [0.1, 0.15) is 11.6 Å². The Balaban J connectivity index is 1.68. The fraction of sp³-hybridized carbons (Fsp3) is 0. The van der Waals surface area contributed by atoms with Crippen molar-refractivity contribution >= 4 is 23.2 Å². The van der Waals surface area contributed by atoms with E-state index in [-0.39, 0.29) is 11.3 Å². The summed E-state index contributed by atoms with van der Waals surface area (Å²) in [5.41, 5.74) is 0.981. The van der Waals surface area contributed by atoms with Crippen LogP contribution in [0.2, 0.25) is 0 Å². The Hall–Kier alpha value is -3.54. The van der Waals surface area contributed by atoms with Crippen LogP contribution < -0.4 is 10.6 Å². The number of nitrogens with one attached hydrogen (secondary N) is 2. The molecule has 0 saturated heterocycles. The molecule has 0 spiro atoms. The number of rotatable bonds is 4. The van der Waals surface area contributed by atoms with Gasteiger partial charge in [0.2, 0.25) is 0 Å². The highest BCUT2D eigenvalue weighted by molar-refractivity contribution is 6.07. The number of para-hydroxylation sites is 1. The Morgan fingerprint density at radius 1 is 0.692 bits per heavy atom. The van der Waals surface area contributed by atoms with E-state index in [0.29, 0.717) is 11.3 Å². The van der Waals surface area contributed by atoms with Crippen molar-refractivity contribution < 1.29 is 18.4 Å². The van der Waals surface area contributed by atoms with Crippen LogP contribution >= 0.6 is 0 Å². The van der Waals surface area contributed by atoms with Gasteiger partial charge in [-0.05, 0) is 54.6 Å². The van der Waals surface area contributed by atoms with E-state index in [2.05, 4.69) is 10.6 Å². The van der Waals surface area contributed by atoms with Crippen molar-refractivity contribution in [3.63, 3.8) is 0 Å². The molecule has 0 aromatic heterocycles. The van der Waals surface area contributed by atoms with E-state index < -0.39 is 23.4 Å². The Bertz CT molecular complexity index is 956. The van der Waals surface area contributed by atoms with E-state index >= 15 is 0 Å². The largest absolute Gasteiger partial charge is 0.322 e. The molecule has 0 heterocycles. The predicted octanol–water partition coefficient (Wildman–Crippen LogP) is 4.47. The molecule has 0 bridgehead atoms. The first-order valence-corrected chi connectivity index (χ1v) is 7.76. The number of carbonyl (C=O) groups is 2. The Morgan fingerprint density at radius 3 is 1.92 bits per heavy atom. The van der Waals surface area contributed by atoms with Crippen LogP contribution in [0.4, 0.5) is 20.2 Å². The maximum Gasteiger partial charge on any atom is 0.255 e. The Kier molecular flexibility index (Phi) is 5.03. The zero-order valence-corrected chi connectivity index (χ0v) is 13.5. The van der Waals surface area contributed by atoms with Gasteiger partial charge in [-0.3, -0.25) is 9.59 Å². The van der Waals surface area contributed by atoms with Gasteiger partial charge in [-0.2, -0.15) is 0 Å². The fourth-order valence-corrected chi connectivity index (χ4v) is 2.30. The van der Waals surface area contributed by atoms with Crippen molar-refractivity contribution in [2.75, 3.05) is 10.6 Å². The average Bonchev–Trinajstić information content (AvgIpc) is 2.64. The molecule has 0 aliphatic rings. The summed E-state index contributed by atoms with van der Waals surface area (Å²) in [4.78, 5) is 24.3. The predicted molar refractivity (Wildman–Crippen MR) is 95.1 cm³/mol. The first kappa shape index (κ1) is 17.3. The van der Waals surface area contributed by atoms with Crippen molar-refractivity contribution in [1.29, 1.82) is 0 Å². The normalized spacial score (nSPS) is 10.2. The molecule has 0 atom stereocenters. The summed E-state index contributed by atoms with van der Waals surface area (Å²) in [5, 5.41) is 5.03. The maximum atomic E-state index is 13.6. The number of anilines is 2. The smallest absolute Gasteiger partial charge is 0.255 e. The minimum atomic E-state index is -0.535. The van der Waals surface area contributed by atoms with Crippen LogP contribution in [0.3, 0.4) is 0 Å². The SMILES string of the molecule is O=C(Nc1cccc(F)c1)c1ccc(C(=O)Nc2ccccc2F)cc1. The van der Waals surface area contributed by atoms with E-state index in [0.717, 1.165) is 0 Å². The highest BCUT2D eigenvalue weighted by Gasteiger charge is 2.11. The van der Waals surface area contributed by atoms with Gasteiger partial charge in [-0.15, -0.1) is 0 Å². The van der Waals surface area contributed by atoms with Crippen molar-refractivity contribution in [2.24, 2.45) is 0 Å². The first-order chi connectivity index (χ1) is 12.5. The lowest BCUT2D eigenvalue weighted by Crippen LogP contribution is -2.15. The second-order valence-corrected chi connectivity index (χ2v) is 5.48. The molecule has 4 nitrogen and oxygen atoms in total. The number of benzene rings is 3. The lowest BCUT2D eigenvalue weighted by molar-refractivity contribution is 0.101. The molecule has 3 aromatic rings. The lowest BCUT2D eigenvalue weighted by Gasteiger charge is -2.08. The summed E-state index contributed by atoms with van der Waals surface area (Å²) < 4.78 is 26.7. The number of hydrogen-bond donors (Lipinski definition) is 2. The van der Waals surface area contributed by atoms with Crippen molar-refractivity contribution in [1.82, 2.24) is 0 Å². The quantitative estimate of drug-likeness (QED) is 0.728. The van der Waals surface area contributed by atoms with Crippen LogP contribution in [0.1, 0.15) is 20.7 Å². The zero-order valence-electron chi connectivity index (χ0n) is 13.5. The van der Waals surface area contributed by atoms with Gasteiger partial charge in [0.05, 0.1) is 5.69 Å². The topological polar surface area (TPSA) is 58.2 Å². The van der Waals surface area contributed by atoms with E-state index in [4.69, 9.17) is 0 Å². The molecule has 0 radical (unpaired) electrons. The molecule has 3 rings (SSSR count). The molecule has 0 unspecified atom stereocenters. The molecule has 2 amide bonds. The highest BCUT2D eigenvalue weighted by Crippen LogP contribution is 2.15. The van der Waals surface area contributed by atoms with Gasteiger partial charge in [0.15, 0.2) is 0 Å². The van der Waals surface area contributed by atoms with Crippen LogP contribution in [-0.4, -0.2) is 11.8 Å². The minimum absolute atomic E-state index is 0.0745.